The summed E-state index contributed by atoms with van der Waals surface area (Å²) in [5, 5.41) is 5.88. The molecule has 1 rings (SSSR count). The number of hydrogen-bond acceptors (Lipinski definition) is 3. The highest BCUT2D eigenvalue weighted by atomic mass is 16.5. The van der Waals surface area contributed by atoms with E-state index in [4.69, 9.17) is 4.74 Å². The maximum atomic E-state index is 11.4. The molecule has 4 heteroatoms. The van der Waals surface area contributed by atoms with E-state index < -0.39 is 0 Å². The summed E-state index contributed by atoms with van der Waals surface area (Å²) in [5.41, 5.74) is 0. The number of nitrogens with one attached hydrogen (secondary N) is 2. The minimum Gasteiger partial charge on any atom is -0.376 e. The Hall–Kier alpha value is -0.870. The number of hydrogen-bond donors (Lipinski definition) is 2. The minimum absolute atomic E-state index is 0.0137. The van der Waals surface area contributed by atoms with E-state index in [0.29, 0.717) is 13.1 Å². The molecule has 1 saturated heterocycles. The van der Waals surface area contributed by atoms with E-state index >= 15 is 0 Å². The Morgan fingerprint density at radius 1 is 1.73 bits per heavy atom. The van der Waals surface area contributed by atoms with Gasteiger partial charge in [-0.15, -0.1) is 6.58 Å². The molecule has 0 radical (unpaired) electrons. The van der Waals surface area contributed by atoms with Crippen LogP contribution in [0.1, 0.15) is 19.8 Å². The topological polar surface area (TPSA) is 50.4 Å². The average molecular weight is 212 g/mol. The van der Waals surface area contributed by atoms with Crippen LogP contribution >= 0.6 is 0 Å². The molecule has 2 atom stereocenters. The zero-order valence-corrected chi connectivity index (χ0v) is 9.29. The number of carbonyl (C=O) groups is 1. The Bertz CT molecular complexity index is 213. The van der Waals surface area contributed by atoms with Crippen molar-refractivity contribution in [3.8, 4) is 0 Å². The molecular weight excluding hydrogens is 192 g/mol. The van der Waals surface area contributed by atoms with Crippen molar-refractivity contribution in [1.82, 2.24) is 10.6 Å². The summed E-state index contributed by atoms with van der Waals surface area (Å²) in [5.74, 6) is 0.0137. The average Bonchev–Trinajstić information content (AvgIpc) is 2.70. The summed E-state index contributed by atoms with van der Waals surface area (Å²) in [6.45, 7) is 7.36. The van der Waals surface area contributed by atoms with Crippen LogP contribution in [0.5, 0.6) is 0 Å². The fraction of sp³-hybridized carbons (Fsp3) is 0.727. The Morgan fingerprint density at radius 2 is 2.53 bits per heavy atom. The first-order valence-electron chi connectivity index (χ1n) is 5.46. The molecule has 0 spiro atoms. The highest BCUT2D eigenvalue weighted by Gasteiger charge is 2.23. The minimum atomic E-state index is 0.0137. The first-order chi connectivity index (χ1) is 7.24. The van der Waals surface area contributed by atoms with Gasteiger partial charge in [-0.1, -0.05) is 6.08 Å². The molecule has 1 amide bonds. The van der Waals surface area contributed by atoms with Gasteiger partial charge >= 0.3 is 0 Å². The van der Waals surface area contributed by atoms with Crippen molar-refractivity contribution in [2.24, 2.45) is 0 Å². The predicted molar refractivity (Wildman–Crippen MR) is 59.6 cm³/mol. The molecule has 15 heavy (non-hydrogen) atoms. The number of rotatable bonds is 6. The Labute approximate surface area is 91.1 Å². The van der Waals surface area contributed by atoms with Gasteiger partial charge in [-0.25, -0.2) is 0 Å². The van der Waals surface area contributed by atoms with Crippen molar-refractivity contribution >= 4 is 5.91 Å². The second-order valence-electron chi connectivity index (χ2n) is 3.83. The fourth-order valence-corrected chi connectivity index (χ4v) is 1.68. The molecule has 2 N–H and O–H groups in total. The monoisotopic (exact) mass is 212 g/mol. The molecular formula is C11H20N2O2. The van der Waals surface area contributed by atoms with Crippen LogP contribution in [0, 0.1) is 0 Å². The Kier molecular flexibility index (Phi) is 5.36. The highest BCUT2D eigenvalue weighted by Crippen LogP contribution is 2.14. The molecule has 1 heterocycles. The third-order valence-corrected chi connectivity index (χ3v) is 2.49. The largest absolute Gasteiger partial charge is 0.376 e. The van der Waals surface area contributed by atoms with Crippen LogP contribution in [0.25, 0.3) is 0 Å². The second-order valence-corrected chi connectivity index (χ2v) is 3.83. The lowest BCUT2D eigenvalue weighted by Gasteiger charge is -2.19. The Balaban J connectivity index is 2.15. The van der Waals surface area contributed by atoms with E-state index in [9.17, 15) is 4.79 Å². The first kappa shape index (κ1) is 12.2. The standard InChI is InChI=1S/C11H20N2O2/c1-3-6-12-8-11(14)13-9(2)10-5-4-7-15-10/h3,9-10,12H,1,4-8H2,2H3,(H,13,14). The van der Waals surface area contributed by atoms with Crippen LogP contribution in [0.4, 0.5) is 0 Å². The highest BCUT2D eigenvalue weighted by molar-refractivity contribution is 5.78. The maximum absolute atomic E-state index is 11.4. The summed E-state index contributed by atoms with van der Waals surface area (Å²) in [6.07, 6.45) is 4.06. The zero-order valence-electron chi connectivity index (χ0n) is 9.29. The van der Waals surface area contributed by atoms with E-state index in [-0.39, 0.29) is 18.1 Å². The summed E-state index contributed by atoms with van der Waals surface area (Å²) in [4.78, 5) is 11.4. The van der Waals surface area contributed by atoms with Crippen molar-refractivity contribution in [3.05, 3.63) is 12.7 Å². The molecule has 0 bridgehead atoms. The van der Waals surface area contributed by atoms with Crippen molar-refractivity contribution < 1.29 is 9.53 Å². The molecule has 0 aromatic carbocycles. The van der Waals surface area contributed by atoms with Crippen molar-refractivity contribution in [1.29, 1.82) is 0 Å². The summed E-state index contributed by atoms with van der Waals surface area (Å²) in [7, 11) is 0. The molecule has 0 saturated carbocycles. The SMILES string of the molecule is C=CCNCC(=O)NC(C)C1CCCO1. The van der Waals surface area contributed by atoms with Gasteiger partial charge in [0.15, 0.2) is 0 Å². The molecule has 2 unspecified atom stereocenters. The lowest BCUT2D eigenvalue weighted by atomic mass is 10.1. The van der Waals surface area contributed by atoms with Crippen LogP contribution in [0.15, 0.2) is 12.7 Å². The van der Waals surface area contributed by atoms with E-state index in [1.807, 2.05) is 6.92 Å². The number of ether oxygens (including phenoxy) is 1. The van der Waals surface area contributed by atoms with Crippen LogP contribution < -0.4 is 10.6 Å². The van der Waals surface area contributed by atoms with Gasteiger partial charge in [-0.2, -0.15) is 0 Å². The van der Waals surface area contributed by atoms with E-state index in [1.54, 1.807) is 6.08 Å². The van der Waals surface area contributed by atoms with E-state index in [2.05, 4.69) is 17.2 Å². The van der Waals surface area contributed by atoms with Gasteiger partial charge in [0.1, 0.15) is 0 Å². The molecule has 0 aromatic heterocycles. The van der Waals surface area contributed by atoms with E-state index in [0.717, 1.165) is 19.4 Å². The van der Waals surface area contributed by atoms with Gasteiger partial charge in [-0.3, -0.25) is 4.79 Å². The fourth-order valence-electron chi connectivity index (χ4n) is 1.68. The van der Waals surface area contributed by atoms with Crippen LogP contribution in [0.3, 0.4) is 0 Å². The molecule has 0 aliphatic carbocycles. The summed E-state index contributed by atoms with van der Waals surface area (Å²) < 4.78 is 5.49. The summed E-state index contributed by atoms with van der Waals surface area (Å²) >= 11 is 0. The van der Waals surface area contributed by atoms with Crippen molar-refractivity contribution in [2.75, 3.05) is 19.7 Å². The quantitative estimate of drug-likeness (QED) is 0.496. The third kappa shape index (κ3) is 4.44. The molecule has 4 nitrogen and oxygen atoms in total. The van der Waals surface area contributed by atoms with E-state index in [1.165, 1.54) is 0 Å². The smallest absolute Gasteiger partial charge is 0.234 e. The second kappa shape index (κ2) is 6.58. The number of carbonyl (C=O) groups excluding carboxylic acids is 1. The molecule has 86 valence electrons. The van der Waals surface area contributed by atoms with Gasteiger partial charge in [0.05, 0.1) is 18.7 Å². The normalized spacial score (nSPS) is 22.3. The Morgan fingerprint density at radius 3 is 3.13 bits per heavy atom. The maximum Gasteiger partial charge on any atom is 0.234 e. The van der Waals surface area contributed by atoms with Crippen LogP contribution in [0.2, 0.25) is 0 Å². The third-order valence-electron chi connectivity index (χ3n) is 2.49. The number of amides is 1. The molecule has 1 fully saturated rings. The van der Waals surface area contributed by atoms with Crippen LogP contribution in [-0.4, -0.2) is 37.7 Å². The van der Waals surface area contributed by atoms with Gasteiger partial charge in [0, 0.05) is 13.2 Å². The lowest BCUT2D eigenvalue weighted by Crippen LogP contribution is -2.44. The molecule has 1 aliphatic heterocycles. The van der Waals surface area contributed by atoms with Crippen molar-refractivity contribution in [2.45, 2.75) is 31.9 Å². The first-order valence-corrected chi connectivity index (χ1v) is 5.46. The van der Waals surface area contributed by atoms with Crippen LogP contribution in [-0.2, 0) is 9.53 Å². The molecule has 1 aliphatic rings. The predicted octanol–water partition coefficient (Wildman–Crippen LogP) is 0.446. The molecule has 0 aromatic rings. The lowest BCUT2D eigenvalue weighted by molar-refractivity contribution is -0.121. The van der Waals surface area contributed by atoms with Gasteiger partial charge in [0.2, 0.25) is 5.91 Å². The zero-order chi connectivity index (χ0) is 11.1. The van der Waals surface area contributed by atoms with Crippen molar-refractivity contribution in [3.63, 3.8) is 0 Å². The van der Waals surface area contributed by atoms with Gasteiger partial charge in [-0.05, 0) is 19.8 Å². The van der Waals surface area contributed by atoms with Gasteiger partial charge in [0.25, 0.3) is 0 Å². The van der Waals surface area contributed by atoms with Gasteiger partial charge < -0.3 is 15.4 Å². The summed E-state index contributed by atoms with van der Waals surface area (Å²) in [6, 6.07) is 0.102.